The van der Waals surface area contributed by atoms with Crippen LogP contribution in [0.5, 0.6) is 0 Å². The first-order valence-electron chi connectivity index (χ1n) is 7.50. The number of carbonyl (C=O) groups excluding carboxylic acids is 2. The molecule has 126 valence electrons. The number of carbonyl (C=O) groups is 2. The number of nitrogens with one attached hydrogen (secondary N) is 2. The van der Waals surface area contributed by atoms with Crippen LogP contribution in [0.4, 0.5) is 5.69 Å². The number of rotatable bonds is 7. The van der Waals surface area contributed by atoms with E-state index in [4.69, 9.17) is 16.3 Å². The first-order chi connectivity index (χ1) is 11.6. The zero-order valence-electron chi connectivity index (χ0n) is 13.3. The lowest BCUT2D eigenvalue weighted by Crippen LogP contribution is -2.26. The van der Waals surface area contributed by atoms with Crippen molar-refractivity contribution in [2.24, 2.45) is 0 Å². The predicted molar refractivity (Wildman–Crippen MR) is 94.4 cm³/mol. The highest BCUT2D eigenvalue weighted by atomic mass is 35.5. The Morgan fingerprint density at radius 1 is 1.04 bits per heavy atom. The van der Waals surface area contributed by atoms with Crippen molar-refractivity contribution in [3.63, 3.8) is 0 Å². The van der Waals surface area contributed by atoms with E-state index in [1.54, 1.807) is 43.5 Å². The molecule has 0 bridgehead atoms. The molecule has 5 nitrogen and oxygen atoms in total. The number of anilines is 1. The second-order valence-corrected chi connectivity index (χ2v) is 5.61. The maximum absolute atomic E-state index is 12.0. The van der Waals surface area contributed by atoms with Crippen molar-refractivity contribution < 1.29 is 14.3 Å². The molecule has 0 saturated heterocycles. The number of ether oxygens (including phenoxy) is 1. The Hall–Kier alpha value is -2.37. The highest BCUT2D eigenvalue weighted by molar-refractivity contribution is 6.30. The number of amides is 2. The molecule has 0 aliphatic rings. The van der Waals surface area contributed by atoms with Gasteiger partial charge in [-0.3, -0.25) is 9.59 Å². The molecular weight excluding hydrogens is 328 g/mol. The number of halogens is 1. The number of methoxy groups -OCH3 is 1. The number of hydrogen-bond acceptors (Lipinski definition) is 3. The van der Waals surface area contributed by atoms with Crippen LogP contribution in [0.15, 0.2) is 48.5 Å². The van der Waals surface area contributed by atoms with Gasteiger partial charge in [0.1, 0.15) is 0 Å². The minimum absolute atomic E-state index is 0.130. The van der Waals surface area contributed by atoms with Gasteiger partial charge in [-0.2, -0.15) is 0 Å². The van der Waals surface area contributed by atoms with Crippen molar-refractivity contribution in [3.8, 4) is 0 Å². The molecule has 0 unspecified atom stereocenters. The van der Waals surface area contributed by atoms with Crippen molar-refractivity contribution in [2.45, 2.75) is 6.42 Å². The molecule has 0 spiro atoms. The molecule has 0 fully saturated rings. The Morgan fingerprint density at radius 3 is 2.33 bits per heavy atom. The molecule has 0 radical (unpaired) electrons. The molecule has 24 heavy (non-hydrogen) atoms. The molecule has 2 aromatic rings. The summed E-state index contributed by atoms with van der Waals surface area (Å²) in [7, 11) is 1.58. The molecule has 0 aliphatic carbocycles. The number of hydrogen-bond donors (Lipinski definition) is 2. The fourth-order valence-corrected chi connectivity index (χ4v) is 2.19. The van der Waals surface area contributed by atoms with Gasteiger partial charge in [-0.1, -0.05) is 23.7 Å². The maximum atomic E-state index is 12.0. The van der Waals surface area contributed by atoms with E-state index in [0.717, 1.165) is 5.56 Å². The lowest BCUT2D eigenvalue weighted by atomic mass is 10.1. The van der Waals surface area contributed by atoms with Gasteiger partial charge in [0, 0.05) is 29.9 Å². The minimum atomic E-state index is -0.175. The van der Waals surface area contributed by atoms with Crippen LogP contribution < -0.4 is 10.6 Å². The topological polar surface area (TPSA) is 67.4 Å². The highest BCUT2D eigenvalue weighted by Crippen LogP contribution is 2.12. The van der Waals surface area contributed by atoms with Crippen LogP contribution in [0.1, 0.15) is 15.9 Å². The quantitative estimate of drug-likeness (QED) is 0.757. The van der Waals surface area contributed by atoms with Crippen molar-refractivity contribution in [1.29, 1.82) is 0 Å². The molecule has 0 heterocycles. The van der Waals surface area contributed by atoms with Gasteiger partial charge < -0.3 is 15.4 Å². The third-order valence-electron chi connectivity index (χ3n) is 3.30. The van der Waals surface area contributed by atoms with E-state index in [1.807, 2.05) is 12.1 Å². The average molecular weight is 347 g/mol. The maximum Gasteiger partial charge on any atom is 0.251 e. The summed E-state index contributed by atoms with van der Waals surface area (Å²) in [5, 5.41) is 6.17. The smallest absolute Gasteiger partial charge is 0.251 e. The van der Waals surface area contributed by atoms with E-state index in [1.165, 1.54) is 0 Å². The Morgan fingerprint density at radius 2 is 1.71 bits per heavy atom. The van der Waals surface area contributed by atoms with Crippen LogP contribution in [0.3, 0.4) is 0 Å². The fourth-order valence-electron chi connectivity index (χ4n) is 2.07. The molecule has 2 amide bonds. The van der Waals surface area contributed by atoms with Gasteiger partial charge in [-0.25, -0.2) is 0 Å². The van der Waals surface area contributed by atoms with Crippen LogP contribution >= 0.6 is 11.6 Å². The second kappa shape index (κ2) is 9.05. The molecule has 0 aliphatic heterocycles. The first kappa shape index (κ1) is 18.0. The minimum Gasteiger partial charge on any atom is -0.383 e. The molecule has 2 aromatic carbocycles. The molecule has 6 heteroatoms. The van der Waals surface area contributed by atoms with E-state index in [9.17, 15) is 9.59 Å². The van der Waals surface area contributed by atoms with Crippen LogP contribution in [-0.4, -0.2) is 32.1 Å². The fraction of sp³-hybridized carbons (Fsp3) is 0.222. The standard InChI is InChI=1S/C18H19ClN2O3/c1-24-11-10-20-18(23)14-4-8-16(9-5-14)21-17(22)12-13-2-6-15(19)7-3-13/h2-9H,10-12H2,1H3,(H,20,23)(H,21,22). The van der Waals surface area contributed by atoms with Gasteiger partial charge in [0.25, 0.3) is 5.91 Å². The lowest BCUT2D eigenvalue weighted by Gasteiger charge is -2.07. The number of benzene rings is 2. The predicted octanol–water partition coefficient (Wildman–Crippen LogP) is 2.90. The summed E-state index contributed by atoms with van der Waals surface area (Å²) < 4.78 is 4.88. The second-order valence-electron chi connectivity index (χ2n) is 5.18. The summed E-state index contributed by atoms with van der Waals surface area (Å²) in [6, 6.07) is 13.9. The normalized spacial score (nSPS) is 10.2. The Labute approximate surface area is 146 Å². The van der Waals surface area contributed by atoms with E-state index in [0.29, 0.717) is 29.4 Å². The largest absolute Gasteiger partial charge is 0.383 e. The Kier molecular flexibility index (Phi) is 6.78. The highest BCUT2D eigenvalue weighted by Gasteiger charge is 2.07. The summed E-state index contributed by atoms with van der Waals surface area (Å²) >= 11 is 5.82. The third kappa shape index (κ3) is 5.68. The van der Waals surface area contributed by atoms with E-state index in [-0.39, 0.29) is 18.2 Å². The first-order valence-corrected chi connectivity index (χ1v) is 7.88. The van der Waals surface area contributed by atoms with Gasteiger partial charge in [0.2, 0.25) is 5.91 Å². The zero-order valence-corrected chi connectivity index (χ0v) is 14.1. The summed E-state index contributed by atoms with van der Waals surface area (Å²) in [4.78, 5) is 23.9. The molecule has 2 rings (SSSR count). The average Bonchev–Trinajstić information content (AvgIpc) is 2.58. The zero-order chi connectivity index (χ0) is 17.4. The van der Waals surface area contributed by atoms with Crippen LogP contribution in [0, 0.1) is 0 Å². The van der Waals surface area contributed by atoms with Crippen molar-refractivity contribution in [1.82, 2.24) is 5.32 Å². The Balaban J connectivity index is 1.87. The molecule has 0 aromatic heterocycles. The summed E-state index contributed by atoms with van der Waals surface area (Å²) in [6.45, 7) is 0.916. The Bertz CT molecular complexity index is 684. The van der Waals surface area contributed by atoms with Gasteiger partial charge in [-0.05, 0) is 42.0 Å². The van der Waals surface area contributed by atoms with E-state index in [2.05, 4.69) is 10.6 Å². The third-order valence-corrected chi connectivity index (χ3v) is 3.55. The molecule has 0 saturated carbocycles. The molecule has 2 N–H and O–H groups in total. The van der Waals surface area contributed by atoms with Gasteiger partial charge in [0.15, 0.2) is 0 Å². The van der Waals surface area contributed by atoms with Crippen molar-refractivity contribution in [2.75, 3.05) is 25.6 Å². The lowest BCUT2D eigenvalue weighted by molar-refractivity contribution is -0.115. The monoisotopic (exact) mass is 346 g/mol. The summed E-state index contributed by atoms with van der Waals surface area (Å²) in [5.41, 5.74) is 2.05. The van der Waals surface area contributed by atoms with Gasteiger partial charge in [0.05, 0.1) is 13.0 Å². The van der Waals surface area contributed by atoms with Crippen LogP contribution in [-0.2, 0) is 16.0 Å². The molecule has 0 atom stereocenters. The van der Waals surface area contributed by atoms with Crippen LogP contribution in [0.2, 0.25) is 5.02 Å². The van der Waals surface area contributed by atoms with Crippen molar-refractivity contribution >= 4 is 29.1 Å². The van der Waals surface area contributed by atoms with Gasteiger partial charge in [-0.15, -0.1) is 0 Å². The molecular formula is C18H19ClN2O3. The van der Waals surface area contributed by atoms with E-state index < -0.39 is 0 Å². The van der Waals surface area contributed by atoms with Gasteiger partial charge >= 0.3 is 0 Å². The summed E-state index contributed by atoms with van der Waals surface area (Å²) in [6.07, 6.45) is 0.260. The van der Waals surface area contributed by atoms with E-state index >= 15 is 0 Å². The van der Waals surface area contributed by atoms with Crippen molar-refractivity contribution in [3.05, 3.63) is 64.7 Å². The summed E-state index contributed by atoms with van der Waals surface area (Å²) in [5.74, 6) is -0.305. The SMILES string of the molecule is COCCNC(=O)c1ccc(NC(=O)Cc2ccc(Cl)cc2)cc1. The van der Waals surface area contributed by atoms with Crippen LogP contribution in [0.25, 0.3) is 0 Å².